The van der Waals surface area contributed by atoms with Gasteiger partial charge in [0.25, 0.3) is 0 Å². The minimum absolute atomic E-state index is 0.597. The third kappa shape index (κ3) is 1.97. The van der Waals surface area contributed by atoms with Crippen LogP contribution < -0.4 is 5.32 Å². The lowest BCUT2D eigenvalue weighted by Gasteiger charge is -2.02. The number of hydrogen-bond donors (Lipinski definition) is 1. The quantitative estimate of drug-likeness (QED) is 0.755. The van der Waals surface area contributed by atoms with E-state index in [2.05, 4.69) is 5.32 Å². The van der Waals surface area contributed by atoms with Crippen molar-refractivity contribution in [2.24, 2.45) is 0 Å². The molecule has 0 fully saturated rings. The molecule has 0 unspecified atom stereocenters. The van der Waals surface area contributed by atoms with E-state index in [1.54, 1.807) is 12.1 Å². The zero-order valence-electron chi connectivity index (χ0n) is 6.76. The second-order valence-electron chi connectivity index (χ2n) is 2.45. The minimum atomic E-state index is 0.597. The standard InChI is InChI=1S/C9H9ClN2/c1-12-6-8-3-2-7(5-11)4-9(8)10/h2-4,12H,6H2,1H3. The molecule has 0 bridgehead atoms. The number of rotatable bonds is 2. The molecule has 0 saturated heterocycles. The van der Waals surface area contributed by atoms with Gasteiger partial charge >= 0.3 is 0 Å². The van der Waals surface area contributed by atoms with Crippen LogP contribution in [0.25, 0.3) is 0 Å². The van der Waals surface area contributed by atoms with E-state index in [0.717, 1.165) is 12.1 Å². The van der Waals surface area contributed by atoms with Crippen molar-refractivity contribution < 1.29 is 0 Å². The summed E-state index contributed by atoms with van der Waals surface area (Å²) in [6, 6.07) is 7.33. The monoisotopic (exact) mass is 180 g/mol. The molecule has 0 spiro atoms. The highest BCUT2D eigenvalue weighted by Crippen LogP contribution is 2.16. The van der Waals surface area contributed by atoms with Gasteiger partial charge in [-0.1, -0.05) is 17.7 Å². The van der Waals surface area contributed by atoms with E-state index in [4.69, 9.17) is 16.9 Å². The Labute approximate surface area is 76.8 Å². The Bertz CT molecular complexity index is 315. The van der Waals surface area contributed by atoms with E-state index in [0.29, 0.717) is 10.6 Å². The summed E-state index contributed by atoms with van der Waals surface area (Å²) in [5, 5.41) is 12.2. The van der Waals surface area contributed by atoms with Crippen molar-refractivity contribution in [1.82, 2.24) is 5.32 Å². The van der Waals surface area contributed by atoms with Gasteiger partial charge < -0.3 is 5.32 Å². The van der Waals surface area contributed by atoms with E-state index in [1.807, 2.05) is 19.2 Å². The molecule has 0 aliphatic heterocycles. The summed E-state index contributed by atoms with van der Waals surface area (Å²) < 4.78 is 0. The van der Waals surface area contributed by atoms with Crippen molar-refractivity contribution in [2.45, 2.75) is 6.54 Å². The molecule has 0 aliphatic carbocycles. The Morgan fingerprint density at radius 1 is 1.58 bits per heavy atom. The van der Waals surface area contributed by atoms with Crippen molar-refractivity contribution in [3.8, 4) is 6.07 Å². The zero-order chi connectivity index (χ0) is 8.97. The number of nitriles is 1. The number of halogens is 1. The van der Waals surface area contributed by atoms with E-state index >= 15 is 0 Å². The molecule has 62 valence electrons. The molecule has 1 aromatic rings. The van der Waals surface area contributed by atoms with Crippen LogP contribution in [-0.4, -0.2) is 7.05 Å². The summed E-state index contributed by atoms with van der Waals surface area (Å²) in [6.07, 6.45) is 0. The first-order valence-corrected chi connectivity index (χ1v) is 3.99. The Kier molecular flexibility index (Phi) is 3.09. The van der Waals surface area contributed by atoms with Crippen LogP contribution in [-0.2, 0) is 6.54 Å². The molecule has 0 radical (unpaired) electrons. The maximum Gasteiger partial charge on any atom is 0.0992 e. The largest absolute Gasteiger partial charge is 0.316 e. The van der Waals surface area contributed by atoms with Crippen molar-refractivity contribution in [3.05, 3.63) is 34.3 Å². The van der Waals surface area contributed by atoms with Gasteiger partial charge in [-0.3, -0.25) is 0 Å². The first-order chi connectivity index (χ1) is 5.77. The summed E-state index contributed by atoms with van der Waals surface area (Å²) in [4.78, 5) is 0. The van der Waals surface area contributed by atoms with Crippen LogP contribution in [0.4, 0.5) is 0 Å². The van der Waals surface area contributed by atoms with Gasteiger partial charge in [-0.25, -0.2) is 0 Å². The van der Waals surface area contributed by atoms with Gasteiger partial charge in [0, 0.05) is 11.6 Å². The molecule has 12 heavy (non-hydrogen) atoms. The Balaban J connectivity index is 2.97. The fraction of sp³-hybridized carbons (Fsp3) is 0.222. The summed E-state index contributed by atoms with van der Waals surface area (Å²) in [6.45, 7) is 0.727. The van der Waals surface area contributed by atoms with Crippen molar-refractivity contribution in [1.29, 1.82) is 5.26 Å². The number of nitrogens with zero attached hydrogens (tertiary/aromatic N) is 1. The molecule has 1 rings (SSSR count). The molecule has 3 heteroatoms. The second kappa shape index (κ2) is 4.10. The molecule has 0 heterocycles. The zero-order valence-corrected chi connectivity index (χ0v) is 7.52. The smallest absolute Gasteiger partial charge is 0.0992 e. The molecule has 0 aliphatic rings. The summed E-state index contributed by atoms with van der Waals surface area (Å²) >= 11 is 5.90. The molecular formula is C9H9ClN2. The summed E-state index contributed by atoms with van der Waals surface area (Å²) in [7, 11) is 1.86. The Morgan fingerprint density at radius 2 is 2.33 bits per heavy atom. The van der Waals surface area contributed by atoms with Crippen molar-refractivity contribution in [2.75, 3.05) is 7.05 Å². The second-order valence-corrected chi connectivity index (χ2v) is 2.86. The molecule has 0 saturated carbocycles. The van der Waals surface area contributed by atoms with Crippen LogP contribution >= 0.6 is 11.6 Å². The lowest BCUT2D eigenvalue weighted by Crippen LogP contribution is -2.05. The lowest BCUT2D eigenvalue weighted by molar-refractivity contribution is 0.818. The van der Waals surface area contributed by atoms with Crippen LogP contribution in [0.1, 0.15) is 11.1 Å². The normalized spacial score (nSPS) is 9.42. The van der Waals surface area contributed by atoms with E-state index in [1.165, 1.54) is 0 Å². The number of nitrogens with one attached hydrogen (secondary N) is 1. The summed E-state index contributed by atoms with van der Waals surface area (Å²) in [5.74, 6) is 0. The molecule has 1 N–H and O–H groups in total. The average Bonchev–Trinajstić information content (AvgIpc) is 2.09. The molecule has 0 atom stereocenters. The van der Waals surface area contributed by atoms with E-state index < -0.39 is 0 Å². The first-order valence-electron chi connectivity index (χ1n) is 3.61. The average molecular weight is 181 g/mol. The van der Waals surface area contributed by atoms with Gasteiger partial charge in [-0.05, 0) is 24.7 Å². The topological polar surface area (TPSA) is 35.8 Å². The predicted octanol–water partition coefficient (Wildman–Crippen LogP) is 1.93. The predicted molar refractivity (Wildman–Crippen MR) is 48.9 cm³/mol. The van der Waals surface area contributed by atoms with E-state index in [9.17, 15) is 0 Å². The summed E-state index contributed by atoms with van der Waals surface area (Å²) in [5.41, 5.74) is 1.61. The van der Waals surface area contributed by atoms with Gasteiger partial charge in [0.2, 0.25) is 0 Å². The van der Waals surface area contributed by atoms with Gasteiger partial charge in [-0.15, -0.1) is 0 Å². The maximum absolute atomic E-state index is 8.56. The van der Waals surface area contributed by atoms with Crippen LogP contribution in [0.15, 0.2) is 18.2 Å². The fourth-order valence-electron chi connectivity index (χ4n) is 0.951. The minimum Gasteiger partial charge on any atom is -0.316 e. The lowest BCUT2D eigenvalue weighted by atomic mass is 10.1. The highest BCUT2D eigenvalue weighted by atomic mass is 35.5. The van der Waals surface area contributed by atoms with Gasteiger partial charge in [0.1, 0.15) is 0 Å². The van der Waals surface area contributed by atoms with Crippen molar-refractivity contribution >= 4 is 11.6 Å². The molecule has 1 aromatic carbocycles. The third-order valence-electron chi connectivity index (χ3n) is 1.55. The molecule has 0 amide bonds. The first kappa shape index (κ1) is 9.05. The highest BCUT2D eigenvalue weighted by Gasteiger charge is 1.99. The Morgan fingerprint density at radius 3 is 2.83 bits per heavy atom. The highest BCUT2D eigenvalue weighted by molar-refractivity contribution is 6.31. The van der Waals surface area contributed by atoms with E-state index in [-0.39, 0.29) is 0 Å². The van der Waals surface area contributed by atoms with Crippen LogP contribution in [0, 0.1) is 11.3 Å². The van der Waals surface area contributed by atoms with Gasteiger partial charge in [0.05, 0.1) is 11.6 Å². The number of benzene rings is 1. The Hall–Kier alpha value is -1.04. The van der Waals surface area contributed by atoms with Gasteiger partial charge in [0.15, 0.2) is 0 Å². The number of hydrogen-bond acceptors (Lipinski definition) is 2. The van der Waals surface area contributed by atoms with Crippen LogP contribution in [0.5, 0.6) is 0 Å². The third-order valence-corrected chi connectivity index (χ3v) is 1.90. The van der Waals surface area contributed by atoms with Crippen LogP contribution in [0.3, 0.4) is 0 Å². The maximum atomic E-state index is 8.56. The van der Waals surface area contributed by atoms with Gasteiger partial charge in [-0.2, -0.15) is 5.26 Å². The fourth-order valence-corrected chi connectivity index (χ4v) is 1.20. The molecule has 0 aromatic heterocycles. The molecular weight excluding hydrogens is 172 g/mol. The van der Waals surface area contributed by atoms with Crippen molar-refractivity contribution in [3.63, 3.8) is 0 Å². The van der Waals surface area contributed by atoms with Crippen LogP contribution in [0.2, 0.25) is 5.02 Å². The SMILES string of the molecule is CNCc1ccc(C#N)cc1Cl. The molecule has 2 nitrogen and oxygen atoms in total.